The first-order chi connectivity index (χ1) is 6.22. The van der Waals surface area contributed by atoms with E-state index in [2.05, 4.69) is 31.9 Å². The SMILES string of the molecule is CCOc1ccc(C=C(Br)Br)cc1. The summed E-state index contributed by atoms with van der Waals surface area (Å²) in [6.07, 6.45) is 1.98. The second-order valence-electron chi connectivity index (χ2n) is 2.44. The van der Waals surface area contributed by atoms with Crippen molar-refractivity contribution in [2.45, 2.75) is 6.92 Å². The Bertz CT molecular complexity index is 286. The molecule has 0 aliphatic heterocycles. The van der Waals surface area contributed by atoms with Gasteiger partial charge in [0.1, 0.15) is 5.75 Å². The van der Waals surface area contributed by atoms with E-state index in [9.17, 15) is 0 Å². The lowest BCUT2D eigenvalue weighted by Gasteiger charge is -2.02. The van der Waals surface area contributed by atoms with Crippen molar-refractivity contribution in [3.05, 3.63) is 33.2 Å². The van der Waals surface area contributed by atoms with E-state index in [1.54, 1.807) is 0 Å². The van der Waals surface area contributed by atoms with Gasteiger partial charge in [0.25, 0.3) is 0 Å². The predicted molar refractivity (Wildman–Crippen MR) is 63.4 cm³/mol. The van der Waals surface area contributed by atoms with Gasteiger partial charge in [-0.25, -0.2) is 0 Å². The van der Waals surface area contributed by atoms with Gasteiger partial charge in [0, 0.05) is 0 Å². The molecule has 1 rings (SSSR count). The van der Waals surface area contributed by atoms with Crippen LogP contribution in [0.25, 0.3) is 6.08 Å². The van der Waals surface area contributed by atoms with Gasteiger partial charge in [0.2, 0.25) is 0 Å². The van der Waals surface area contributed by atoms with Crippen LogP contribution in [0.1, 0.15) is 12.5 Å². The molecule has 1 aromatic carbocycles. The summed E-state index contributed by atoms with van der Waals surface area (Å²) in [6, 6.07) is 7.93. The maximum Gasteiger partial charge on any atom is 0.119 e. The standard InChI is InChI=1S/C10H10Br2O/c1-2-13-9-5-3-8(4-6-9)7-10(11)12/h3-7H,2H2,1H3. The van der Waals surface area contributed by atoms with E-state index in [-0.39, 0.29) is 0 Å². The van der Waals surface area contributed by atoms with Crippen molar-refractivity contribution in [2.24, 2.45) is 0 Å². The van der Waals surface area contributed by atoms with Gasteiger partial charge in [-0.05, 0) is 62.6 Å². The minimum Gasteiger partial charge on any atom is -0.494 e. The molecule has 13 heavy (non-hydrogen) atoms. The van der Waals surface area contributed by atoms with Crippen LogP contribution in [0.4, 0.5) is 0 Å². The van der Waals surface area contributed by atoms with Crippen LogP contribution in [-0.4, -0.2) is 6.61 Å². The second-order valence-corrected chi connectivity index (χ2v) is 5.21. The fraction of sp³-hybridized carbons (Fsp3) is 0.200. The lowest BCUT2D eigenvalue weighted by molar-refractivity contribution is 0.340. The summed E-state index contributed by atoms with van der Waals surface area (Å²) < 4.78 is 6.26. The maximum absolute atomic E-state index is 5.32. The van der Waals surface area contributed by atoms with Crippen molar-refractivity contribution in [3.8, 4) is 5.75 Å². The summed E-state index contributed by atoms with van der Waals surface area (Å²) >= 11 is 6.61. The van der Waals surface area contributed by atoms with Crippen molar-refractivity contribution in [1.82, 2.24) is 0 Å². The molecule has 0 aliphatic carbocycles. The van der Waals surface area contributed by atoms with E-state index in [1.807, 2.05) is 37.3 Å². The van der Waals surface area contributed by atoms with Crippen molar-refractivity contribution in [2.75, 3.05) is 6.61 Å². The highest BCUT2D eigenvalue weighted by Gasteiger charge is 1.92. The highest BCUT2D eigenvalue weighted by atomic mass is 79.9. The van der Waals surface area contributed by atoms with Crippen LogP contribution in [-0.2, 0) is 0 Å². The van der Waals surface area contributed by atoms with Crippen LogP contribution in [0.2, 0.25) is 0 Å². The molecule has 0 spiro atoms. The van der Waals surface area contributed by atoms with Gasteiger partial charge < -0.3 is 4.74 Å². The third-order valence-electron chi connectivity index (χ3n) is 1.47. The van der Waals surface area contributed by atoms with Crippen LogP contribution >= 0.6 is 31.9 Å². The topological polar surface area (TPSA) is 9.23 Å². The summed E-state index contributed by atoms with van der Waals surface area (Å²) in [4.78, 5) is 0. The Balaban J connectivity index is 2.75. The molecule has 0 aromatic heterocycles. The Morgan fingerprint density at radius 1 is 1.31 bits per heavy atom. The van der Waals surface area contributed by atoms with E-state index in [4.69, 9.17) is 4.74 Å². The molecule has 0 atom stereocenters. The molecule has 0 bridgehead atoms. The van der Waals surface area contributed by atoms with Gasteiger partial charge >= 0.3 is 0 Å². The Labute approximate surface area is 95.1 Å². The number of hydrogen-bond acceptors (Lipinski definition) is 1. The summed E-state index contributed by atoms with van der Waals surface area (Å²) in [5.41, 5.74) is 1.13. The molecule has 0 heterocycles. The Morgan fingerprint density at radius 3 is 2.38 bits per heavy atom. The largest absolute Gasteiger partial charge is 0.494 e. The van der Waals surface area contributed by atoms with Crippen molar-refractivity contribution >= 4 is 37.9 Å². The minimum absolute atomic E-state index is 0.706. The van der Waals surface area contributed by atoms with Crippen LogP contribution in [0.3, 0.4) is 0 Å². The van der Waals surface area contributed by atoms with Gasteiger partial charge in [-0.3, -0.25) is 0 Å². The number of halogens is 2. The number of rotatable bonds is 3. The van der Waals surface area contributed by atoms with Gasteiger partial charge in [0.15, 0.2) is 0 Å². The molecular formula is C10H10Br2O. The molecule has 1 nitrogen and oxygen atoms in total. The van der Waals surface area contributed by atoms with Gasteiger partial charge in [0.05, 0.1) is 10.00 Å². The van der Waals surface area contributed by atoms with E-state index >= 15 is 0 Å². The Morgan fingerprint density at radius 2 is 1.92 bits per heavy atom. The molecule has 0 saturated heterocycles. The van der Waals surface area contributed by atoms with Crippen molar-refractivity contribution in [1.29, 1.82) is 0 Å². The number of benzene rings is 1. The van der Waals surface area contributed by atoms with Crippen LogP contribution in [0.5, 0.6) is 5.75 Å². The van der Waals surface area contributed by atoms with E-state index in [1.165, 1.54) is 0 Å². The van der Waals surface area contributed by atoms with Crippen LogP contribution in [0, 0.1) is 0 Å². The molecular weight excluding hydrogens is 296 g/mol. The van der Waals surface area contributed by atoms with E-state index < -0.39 is 0 Å². The molecule has 0 N–H and O–H groups in total. The fourth-order valence-corrected chi connectivity index (χ4v) is 1.48. The zero-order chi connectivity index (χ0) is 9.68. The average molecular weight is 306 g/mol. The monoisotopic (exact) mass is 304 g/mol. The molecule has 0 radical (unpaired) electrons. The predicted octanol–water partition coefficient (Wildman–Crippen LogP) is 4.17. The molecule has 70 valence electrons. The van der Waals surface area contributed by atoms with E-state index in [0.29, 0.717) is 6.61 Å². The third-order valence-corrected chi connectivity index (χ3v) is 1.92. The van der Waals surface area contributed by atoms with Crippen molar-refractivity contribution in [3.63, 3.8) is 0 Å². The average Bonchev–Trinajstić information content (AvgIpc) is 2.08. The number of ether oxygens (including phenoxy) is 1. The fourth-order valence-electron chi connectivity index (χ4n) is 0.953. The Hall–Kier alpha value is -0.280. The smallest absolute Gasteiger partial charge is 0.119 e. The molecule has 1 aromatic rings. The molecule has 0 saturated carbocycles. The van der Waals surface area contributed by atoms with E-state index in [0.717, 1.165) is 14.7 Å². The normalized spacial score (nSPS) is 9.46. The first kappa shape index (κ1) is 10.8. The van der Waals surface area contributed by atoms with Crippen LogP contribution in [0.15, 0.2) is 27.7 Å². The summed E-state index contributed by atoms with van der Waals surface area (Å²) in [7, 11) is 0. The van der Waals surface area contributed by atoms with Gasteiger partial charge in [-0.15, -0.1) is 0 Å². The summed E-state index contributed by atoms with van der Waals surface area (Å²) in [6.45, 7) is 2.68. The summed E-state index contributed by atoms with van der Waals surface area (Å²) in [5.74, 6) is 0.908. The first-order valence-corrected chi connectivity index (χ1v) is 5.56. The molecule has 0 fully saturated rings. The quantitative estimate of drug-likeness (QED) is 0.814. The number of hydrogen-bond donors (Lipinski definition) is 0. The lowest BCUT2D eigenvalue weighted by atomic mass is 10.2. The zero-order valence-electron chi connectivity index (χ0n) is 7.26. The highest BCUT2D eigenvalue weighted by molar-refractivity contribution is 9.28. The third kappa shape index (κ3) is 3.96. The molecule has 0 unspecified atom stereocenters. The maximum atomic E-state index is 5.32. The lowest BCUT2D eigenvalue weighted by Crippen LogP contribution is -1.90. The highest BCUT2D eigenvalue weighted by Crippen LogP contribution is 2.19. The zero-order valence-corrected chi connectivity index (χ0v) is 10.4. The van der Waals surface area contributed by atoms with Gasteiger partial charge in [-0.2, -0.15) is 0 Å². The van der Waals surface area contributed by atoms with Gasteiger partial charge in [-0.1, -0.05) is 12.1 Å². The molecule has 0 aliphatic rings. The second kappa shape index (κ2) is 5.45. The Kier molecular flexibility index (Phi) is 4.53. The summed E-state index contributed by atoms with van der Waals surface area (Å²) in [5, 5.41) is 0. The van der Waals surface area contributed by atoms with Crippen LogP contribution < -0.4 is 4.74 Å². The van der Waals surface area contributed by atoms with Crippen molar-refractivity contribution < 1.29 is 4.74 Å². The molecule has 0 amide bonds. The molecule has 3 heteroatoms. The first-order valence-electron chi connectivity index (χ1n) is 3.98. The minimum atomic E-state index is 0.706.